The van der Waals surface area contributed by atoms with Gasteiger partial charge in [-0.25, -0.2) is 0 Å². The van der Waals surface area contributed by atoms with E-state index < -0.39 is 0 Å². The quantitative estimate of drug-likeness (QED) is 0.706. The molecule has 1 aromatic rings. The topological polar surface area (TPSA) is 24.4 Å². The van der Waals surface area contributed by atoms with Gasteiger partial charge in [0.2, 0.25) is 0 Å². The van der Waals surface area contributed by atoms with Crippen molar-refractivity contribution in [2.75, 3.05) is 5.43 Å². The van der Waals surface area contributed by atoms with Crippen LogP contribution in [0.15, 0.2) is 35.4 Å². The smallest absolute Gasteiger partial charge is 0.0634 e. The first-order chi connectivity index (χ1) is 5.47. The molecule has 0 unspecified atom stereocenters. The molecule has 1 aliphatic heterocycles. The fourth-order valence-electron chi connectivity index (χ4n) is 1.04. The summed E-state index contributed by atoms with van der Waals surface area (Å²) in [5, 5.41) is 3.95. The maximum atomic E-state index is 3.95. The number of rotatable bonds is 0. The third-order valence-corrected chi connectivity index (χ3v) is 1.58. The van der Waals surface area contributed by atoms with Crippen molar-refractivity contribution < 1.29 is 0 Å². The molecule has 2 nitrogen and oxygen atoms in total. The van der Waals surface area contributed by atoms with Crippen LogP contribution in [0.5, 0.6) is 0 Å². The van der Waals surface area contributed by atoms with Crippen LogP contribution in [-0.2, 0) is 0 Å². The van der Waals surface area contributed by atoms with Gasteiger partial charge in [0, 0.05) is 32.4 Å². The number of hydrogen-bond acceptors (Lipinski definition) is 2. The Labute approximate surface area is 90.5 Å². The number of fused-ring (bicyclic) bond motifs is 1. The molecule has 1 aliphatic rings. The van der Waals surface area contributed by atoms with Crippen LogP contribution in [-0.4, -0.2) is 32.4 Å². The molecule has 1 N–H and O–H groups in total. The fraction of sp³-hybridized carbons (Fsp3) is 0. The van der Waals surface area contributed by atoms with Crippen molar-refractivity contribution in [3.8, 4) is 0 Å². The zero-order valence-electron chi connectivity index (χ0n) is 6.44. The van der Waals surface area contributed by atoms with Crippen molar-refractivity contribution in [2.45, 2.75) is 0 Å². The van der Waals surface area contributed by atoms with Crippen LogP contribution in [0.3, 0.4) is 0 Å². The molecule has 12 heavy (non-hydrogen) atoms. The molecule has 2 rings (SSSR count). The Bertz CT molecular complexity index is 318. The van der Waals surface area contributed by atoms with E-state index in [1.807, 2.05) is 36.4 Å². The third-order valence-electron chi connectivity index (χ3n) is 1.58. The largest absolute Gasteiger partial charge is 0.278 e. The average Bonchev–Trinajstić information content (AvgIpc) is 2.28. The number of nitrogens with zero attached hydrogens (tertiary/aromatic N) is 1. The van der Waals surface area contributed by atoms with E-state index in [4.69, 9.17) is 0 Å². The van der Waals surface area contributed by atoms with Gasteiger partial charge in [-0.15, -0.1) is 0 Å². The number of anilines is 1. The second-order valence-electron chi connectivity index (χ2n) is 2.34. The molecule has 0 spiro atoms. The monoisotopic (exact) mass is 353 g/mol. The summed E-state index contributed by atoms with van der Waals surface area (Å²) in [6, 6.07) is 8.05. The minimum Gasteiger partial charge on any atom is -0.278 e. The molecule has 0 bridgehead atoms. The first-order valence-corrected chi connectivity index (χ1v) is 3.51. The maximum Gasteiger partial charge on any atom is 0.0634 e. The van der Waals surface area contributed by atoms with Crippen molar-refractivity contribution in [2.24, 2.45) is 5.10 Å². The van der Waals surface area contributed by atoms with Crippen molar-refractivity contribution in [1.29, 1.82) is 0 Å². The predicted molar refractivity (Wildman–Crippen MR) is 53.3 cm³/mol. The summed E-state index contributed by atoms with van der Waals surface area (Å²) < 4.78 is 0. The Hall–Kier alpha value is -0.687. The van der Waals surface area contributed by atoms with Crippen LogP contribution in [0.25, 0.3) is 6.08 Å². The summed E-state index contributed by atoms with van der Waals surface area (Å²) in [5.41, 5.74) is 5.16. The first kappa shape index (κ1) is 9.40. The van der Waals surface area contributed by atoms with Crippen molar-refractivity contribution in [1.82, 2.24) is 0 Å². The third kappa shape index (κ3) is 1.92. The molecular weight excluding hydrogens is 345 g/mol. The summed E-state index contributed by atoms with van der Waals surface area (Å²) in [6.45, 7) is 0. The summed E-state index contributed by atoms with van der Waals surface area (Å²) in [6.07, 6.45) is 5.68. The summed E-state index contributed by atoms with van der Waals surface area (Å²) in [4.78, 5) is 0. The molecule has 0 saturated carbocycles. The SMILES string of the molecule is C1=Cc2ccccc2NN=C1.[Bi]. The van der Waals surface area contributed by atoms with Gasteiger partial charge in [0.15, 0.2) is 0 Å². The van der Waals surface area contributed by atoms with E-state index in [1.54, 1.807) is 6.21 Å². The molecule has 0 saturated heterocycles. The first-order valence-electron chi connectivity index (χ1n) is 3.51. The van der Waals surface area contributed by atoms with E-state index in [2.05, 4.69) is 10.5 Å². The number of nitrogens with one attached hydrogen (secondary N) is 1. The Morgan fingerprint density at radius 1 is 1.17 bits per heavy atom. The number of benzene rings is 1. The summed E-state index contributed by atoms with van der Waals surface area (Å²) in [5.74, 6) is 0. The molecule has 59 valence electrons. The maximum absolute atomic E-state index is 3.95. The van der Waals surface area contributed by atoms with E-state index in [9.17, 15) is 0 Å². The predicted octanol–water partition coefficient (Wildman–Crippen LogP) is 1.73. The van der Waals surface area contributed by atoms with Gasteiger partial charge in [-0.3, -0.25) is 5.43 Å². The van der Waals surface area contributed by atoms with Gasteiger partial charge < -0.3 is 0 Å². The van der Waals surface area contributed by atoms with Crippen LogP contribution in [0.4, 0.5) is 5.69 Å². The van der Waals surface area contributed by atoms with E-state index in [-0.39, 0.29) is 26.2 Å². The van der Waals surface area contributed by atoms with Crippen LogP contribution in [0.2, 0.25) is 0 Å². The number of hydrogen-bond donors (Lipinski definition) is 1. The standard InChI is InChI=1S/C9H8N2.Bi/c1-2-6-9-8(4-1)5-3-7-10-11-9;/h1-7,11H;. The van der Waals surface area contributed by atoms with E-state index in [0.717, 1.165) is 5.69 Å². The minimum atomic E-state index is 0. The van der Waals surface area contributed by atoms with Crippen molar-refractivity contribution >= 4 is 44.2 Å². The molecule has 0 amide bonds. The van der Waals surface area contributed by atoms with E-state index in [0.29, 0.717) is 0 Å². The number of allylic oxidation sites excluding steroid dienone is 1. The second-order valence-corrected chi connectivity index (χ2v) is 2.34. The van der Waals surface area contributed by atoms with Crippen molar-refractivity contribution in [3.63, 3.8) is 0 Å². The van der Waals surface area contributed by atoms with E-state index >= 15 is 0 Å². The van der Waals surface area contributed by atoms with Crippen LogP contribution < -0.4 is 5.43 Å². The molecule has 0 fully saturated rings. The molecule has 3 radical (unpaired) electrons. The Morgan fingerprint density at radius 3 is 2.92 bits per heavy atom. The Morgan fingerprint density at radius 2 is 2.00 bits per heavy atom. The molecule has 0 atom stereocenters. The van der Waals surface area contributed by atoms with Gasteiger partial charge >= 0.3 is 0 Å². The summed E-state index contributed by atoms with van der Waals surface area (Å²) in [7, 11) is 0. The molecular formula is C9H8BiN2. The van der Waals surface area contributed by atoms with E-state index in [1.165, 1.54) is 5.56 Å². The molecule has 1 heterocycles. The van der Waals surface area contributed by atoms with Gasteiger partial charge in [-0.2, -0.15) is 5.10 Å². The molecule has 0 aromatic heterocycles. The summed E-state index contributed by atoms with van der Waals surface area (Å²) >= 11 is 0. The van der Waals surface area contributed by atoms with Gasteiger partial charge in [-0.05, 0) is 17.7 Å². The Kier molecular flexibility index (Phi) is 3.42. The second kappa shape index (κ2) is 4.37. The average molecular weight is 353 g/mol. The zero-order chi connectivity index (χ0) is 7.52. The number of hydrazone groups is 1. The minimum absolute atomic E-state index is 0. The fourth-order valence-corrected chi connectivity index (χ4v) is 1.04. The molecule has 1 aromatic carbocycles. The van der Waals surface area contributed by atoms with Gasteiger partial charge in [0.05, 0.1) is 5.69 Å². The van der Waals surface area contributed by atoms with Crippen molar-refractivity contribution in [3.05, 3.63) is 35.9 Å². The normalized spacial score (nSPS) is 12.3. The molecule has 3 heteroatoms. The van der Waals surface area contributed by atoms with Gasteiger partial charge in [-0.1, -0.05) is 24.3 Å². The van der Waals surface area contributed by atoms with Gasteiger partial charge in [0.25, 0.3) is 0 Å². The van der Waals surface area contributed by atoms with Crippen LogP contribution >= 0.6 is 0 Å². The number of para-hydroxylation sites is 1. The molecule has 0 aliphatic carbocycles. The zero-order valence-corrected chi connectivity index (χ0v) is 9.91. The van der Waals surface area contributed by atoms with Crippen LogP contribution in [0, 0.1) is 0 Å². The Balaban J connectivity index is 0.000000720. The van der Waals surface area contributed by atoms with Gasteiger partial charge in [0.1, 0.15) is 0 Å². The van der Waals surface area contributed by atoms with Crippen LogP contribution in [0.1, 0.15) is 5.56 Å².